The van der Waals surface area contributed by atoms with E-state index >= 15 is 0 Å². The Kier molecular flexibility index (Phi) is 2.97. The largest absolute Gasteiger partial charge is 0.381 e. The summed E-state index contributed by atoms with van der Waals surface area (Å²) in [6.07, 6.45) is 3.47. The molecular weight excluding hydrogens is 204 g/mol. The maximum absolute atomic E-state index is 12.5. The molecule has 0 aromatic rings. The van der Waals surface area contributed by atoms with Crippen LogP contribution in [0.25, 0.3) is 0 Å². The van der Waals surface area contributed by atoms with Crippen molar-refractivity contribution in [2.75, 3.05) is 19.8 Å². The lowest BCUT2D eigenvalue weighted by molar-refractivity contribution is -0.143. The van der Waals surface area contributed by atoms with E-state index in [1.165, 1.54) is 0 Å². The van der Waals surface area contributed by atoms with Gasteiger partial charge in [-0.1, -0.05) is 0 Å². The highest BCUT2D eigenvalue weighted by Gasteiger charge is 2.45. The number of hydrogen-bond acceptors (Lipinski definition) is 3. The van der Waals surface area contributed by atoms with E-state index in [0.717, 1.165) is 19.4 Å². The fourth-order valence-electron chi connectivity index (χ4n) is 2.70. The van der Waals surface area contributed by atoms with E-state index in [2.05, 4.69) is 13.8 Å². The molecule has 4 nitrogen and oxygen atoms in total. The molecule has 0 saturated carbocycles. The first-order chi connectivity index (χ1) is 7.46. The Labute approximate surface area is 97.1 Å². The third kappa shape index (κ3) is 1.96. The van der Waals surface area contributed by atoms with Gasteiger partial charge >= 0.3 is 0 Å². The van der Waals surface area contributed by atoms with Crippen molar-refractivity contribution in [3.63, 3.8) is 0 Å². The van der Waals surface area contributed by atoms with Crippen molar-refractivity contribution in [1.82, 2.24) is 4.90 Å². The molecule has 2 fully saturated rings. The minimum atomic E-state index is -0.681. The lowest BCUT2D eigenvalue weighted by atomic mass is 9.88. The number of ether oxygens (including phenoxy) is 1. The summed E-state index contributed by atoms with van der Waals surface area (Å²) in [6, 6.07) is 0. The van der Waals surface area contributed by atoms with E-state index < -0.39 is 5.54 Å². The SMILES string of the molecule is CC1(C)CCCN1C(=O)C1(N)CCOCC1. The van der Waals surface area contributed by atoms with E-state index in [-0.39, 0.29) is 11.4 Å². The maximum atomic E-state index is 12.5. The predicted octanol–water partition coefficient (Wildman–Crippen LogP) is 0.895. The predicted molar refractivity (Wildman–Crippen MR) is 62.0 cm³/mol. The summed E-state index contributed by atoms with van der Waals surface area (Å²) in [7, 11) is 0. The number of hydrogen-bond donors (Lipinski definition) is 1. The Bertz CT molecular complexity index is 283. The van der Waals surface area contributed by atoms with Crippen LogP contribution in [0.2, 0.25) is 0 Å². The third-order valence-electron chi connectivity index (χ3n) is 3.96. The summed E-state index contributed by atoms with van der Waals surface area (Å²) in [5, 5.41) is 0. The van der Waals surface area contributed by atoms with Gasteiger partial charge in [0.25, 0.3) is 0 Å². The van der Waals surface area contributed by atoms with Gasteiger partial charge in [-0.25, -0.2) is 0 Å². The first-order valence-corrected chi connectivity index (χ1v) is 6.14. The number of nitrogens with zero attached hydrogens (tertiary/aromatic N) is 1. The van der Waals surface area contributed by atoms with Crippen molar-refractivity contribution in [1.29, 1.82) is 0 Å². The van der Waals surface area contributed by atoms with Crippen LogP contribution in [0.1, 0.15) is 39.5 Å². The molecule has 1 amide bonds. The molecule has 2 N–H and O–H groups in total. The second kappa shape index (κ2) is 4.00. The number of rotatable bonds is 1. The molecule has 2 aliphatic rings. The van der Waals surface area contributed by atoms with Gasteiger partial charge in [-0.3, -0.25) is 4.79 Å². The number of carbonyl (C=O) groups excluding carboxylic acids is 1. The smallest absolute Gasteiger partial charge is 0.243 e. The van der Waals surface area contributed by atoms with Crippen molar-refractivity contribution >= 4 is 5.91 Å². The van der Waals surface area contributed by atoms with Gasteiger partial charge in [0, 0.05) is 25.3 Å². The highest BCUT2D eigenvalue weighted by molar-refractivity contribution is 5.87. The molecule has 0 aromatic carbocycles. The number of carbonyl (C=O) groups is 1. The first-order valence-electron chi connectivity index (χ1n) is 6.14. The molecule has 2 saturated heterocycles. The Hall–Kier alpha value is -0.610. The minimum Gasteiger partial charge on any atom is -0.381 e. The standard InChI is InChI=1S/C12H22N2O2/c1-11(2)4-3-7-14(11)10(15)12(13)5-8-16-9-6-12/h3-9,13H2,1-2H3. The van der Waals surface area contributed by atoms with E-state index in [4.69, 9.17) is 10.5 Å². The molecule has 0 bridgehead atoms. The summed E-state index contributed by atoms with van der Waals surface area (Å²) in [4.78, 5) is 14.5. The minimum absolute atomic E-state index is 0.0260. The van der Waals surface area contributed by atoms with Crippen LogP contribution < -0.4 is 5.73 Å². The highest BCUT2D eigenvalue weighted by Crippen LogP contribution is 2.32. The molecular formula is C12H22N2O2. The van der Waals surface area contributed by atoms with Crippen LogP contribution in [-0.2, 0) is 9.53 Å². The van der Waals surface area contributed by atoms with Gasteiger partial charge in [-0.15, -0.1) is 0 Å². The second-order valence-electron chi connectivity index (χ2n) is 5.64. The van der Waals surface area contributed by atoms with Crippen LogP contribution in [0.5, 0.6) is 0 Å². The highest BCUT2D eigenvalue weighted by atomic mass is 16.5. The van der Waals surface area contributed by atoms with Gasteiger partial charge in [0.05, 0.1) is 5.54 Å². The molecule has 0 aromatic heterocycles. The van der Waals surface area contributed by atoms with Crippen molar-refractivity contribution in [3.05, 3.63) is 0 Å². The van der Waals surface area contributed by atoms with Crippen LogP contribution in [0.4, 0.5) is 0 Å². The average Bonchev–Trinajstić information content (AvgIpc) is 2.58. The number of nitrogens with two attached hydrogens (primary N) is 1. The normalized spacial score (nSPS) is 28.1. The Morgan fingerprint density at radius 1 is 1.25 bits per heavy atom. The molecule has 2 rings (SSSR count). The van der Waals surface area contributed by atoms with Crippen LogP contribution in [-0.4, -0.2) is 41.6 Å². The molecule has 4 heteroatoms. The molecule has 0 atom stereocenters. The van der Waals surface area contributed by atoms with E-state index in [0.29, 0.717) is 26.1 Å². The van der Waals surface area contributed by atoms with Crippen molar-refractivity contribution in [3.8, 4) is 0 Å². The summed E-state index contributed by atoms with van der Waals surface area (Å²) in [6.45, 7) is 6.32. The average molecular weight is 226 g/mol. The van der Waals surface area contributed by atoms with Crippen molar-refractivity contribution in [2.24, 2.45) is 5.73 Å². The van der Waals surface area contributed by atoms with Crippen LogP contribution in [0.3, 0.4) is 0 Å². The van der Waals surface area contributed by atoms with Crippen LogP contribution in [0.15, 0.2) is 0 Å². The van der Waals surface area contributed by atoms with E-state index in [9.17, 15) is 4.79 Å². The van der Waals surface area contributed by atoms with Crippen molar-refractivity contribution in [2.45, 2.75) is 50.6 Å². The molecule has 16 heavy (non-hydrogen) atoms. The maximum Gasteiger partial charge on any atom is 0.243 e. The van der Waals surface area contributed by atoms with Gasteiger partial charge in [0.1, 0.15) is 0 Å². The number of likely N-dealkylation sites (tertiary alicyclic amines) is 1. The van der Waals surface area contributed by atoms with Crippen LogP contribution in [0, 0.1) is 0 Å². The van der Waals surface area contributed by atoms with E-state index in [1.807, 2.05) is 4.90 Å². The monoisotopic (exact) mass is 226 g/mol. The third-order valence-corrected chi connectivity index (χ3v) is 3.96. The van der Waals surface area contributed by atoms with Gasteiger partial charge in [0.15, 0.2) is 0 Å². The molecule has 2 aliphatic heterocycles. The zero-order chi connectivity index (χ0) is 11.8. The molecule has 92 valence electrons. The molecule has 0 unspecified atom stereocenters. The summed E-state index contributed by atoms with van der Waals surface area (Å²) < 4.78 is 5.28. The fraction of sp³-hybridized carbons (Fsp3) is 0.917. The summed E-state index contributed by atoms with van der Waals surface area (Å²) in [5.41, 5.74) is 5.53. The lowest BCUT2D eigenvalue weighted by Crippen LogP contribution is -2.60. The molecule has 2 heterocycles. The van der Waals surface area contributed by atoms with Gasteiger partial charge in [-0.05, 0) is 39.5 Å². The van der Waals surface area contributed by atoms with Crippen LogP contribution >= 0.6 is 0 Å². The van der Waals surface area contributed by atoms with E-state index in [1.54, 1.807) is 0 Å². The summed E-state index contributed by atoms with van der Waals surface area (Å²) in [5.74, 6) is 0.123. The summed E-state index contributed by atoms with van der Waals surface area (Å²) >= 11 is 0. The number of amides is 1. The van der Waals surface area contributed by atoms with Gasteiger partial charge in [-0.2, -0.15) is 0 Å². The fourth-order valence-corrected chi connectivity index (χ4v) is 2.70. The Morgan fingerprint density at radius 3 is 2.38 bits per heavy atom. The molecule has 0 aliphatic carbocycles. The molecule has 0 radical (unpaired) electrons. The van der Waals surface area contributed by atoms with Gasteiger partial charge < -0.3 is 15.4 Å². The zero-order valence-corrected chi connectivity index (χ0v) is 10.3. The first kappa shape index (κ1) is 11.9. The van der Waals surface area contributed by atoms with Crippen molar-refractivity contribution < 1.29 is 9.53 Å². The zero-order valence-electron chi connectivity index (χ0n) is 10.3. The topological polar surface area (TPSA) is 55.6 Å². The lowest BCUT2D eigenvalue weighted by Gasteiger charge is -2.40. The molecule has 0 spiro atoms. The quantitative estimate of drug-likeness (QED) is 0.722. The second-order valence-corrected chi connectivity index (χ2v) is 5.64. The van der Waals surface area contributed by atoms with Gasteiger partial charge in [0.2, 0.25) is 5.91 Å². The Balaban J connectivity index is 2.12. The Morgan fingerprint density at radius 2 is 1.88 bits per heavy atom.